The summed E-state index contributed by atoms with van der Waals surface area (Å²) in [5.41, 5.74) is 0.621. The molecular weight excluding hydrogens is 378 g/mol. The van der Waals surface area contributed by atoms with Gasteiger partial charge in [0.25, 0.3) is 5.56 Å². The second-order valence-corrected chi connectivity index (χ2v) is 8.70. The van der Waals surface area contributed by atoms with Crippen molar-refractivity contribution >= 4 is 16.8 Å². The molecule has 2 aromatic rings. The van der Waals surface area contributed by atoms with Gasteiger partial charge in [-0.05, 0) is 43.7 Å². The van der Waals surface area contributed by atoms with Crippen LogP contribution in [0.1, 0.15) is 64.7 Å². The summed E-state index contributed by atoms with van der Waals surface area (Å²) in [7, 11) is 1.63. The Morgan fingerprint density at radius 3 is 2.63 bits per heavy atom. The molecule has 0 radical (unpaired) electrons. The molecule has 6 heteroatoms. The molecule has 6 nitrogen and oxygen atoms in total. The fraction of sp³-hybridized carbons (Fsp3) is 0.625. The average Bonchev–Trinajstić information content (AvgIpc) is 2.69. The highest BCUT2D eigenvalue weighted by atomic mass is 16.5. The summed E-state index contributed by atoms with van der Waals surface area (Å²) in [6.45, 7) is 7.97. The number of aromatic nitrogens is 2. The summed E-state index contributed by atoms with van der Waals surface area (Å²) in [5.74, 6) is 1.51. The van der Waals surface area contributed by atoms with Gasteiger partial charge in [-0.15, -0.1) is 0 Å². The van der Waals surface area contributed by atoms with Crippen LogP contribution in [-0.4, -0.2) is 40.6 Å². The number of carbonyl (C=O) groups is 1. The first-order chi connectivity index (χ1) is 14.5. The number of rotatable bonds is 10. The van der Waals surface area contributed by atoms with Crippen LogP contribution in [0.2, 0.25) is 0 Å². The van der Waals surface area contributed by atoms with Crippen LogP contribution >= 0.6 is 0 Å². The Kier molecular flexibility index (Phi) is 7.64. The van der Waals surface area contributed by atoms with Gasteiger partial charge in [-0.25, -0.2) is 4.98 Å². The second-order valence-electron chi connectivity index (χ2n) is 8.70. The number of amides is 1. The molecule has 1 fully saturated rings. The SMILES string of the molecule is CCC(c1nc2ccccc2c(=O)n1CCOC)N(CCC(C)C)C(=O)C1CCC1. The molecule has 0 saturated heterocycles. The highest BCUT2D eigenvalue weighted by Crippen LogP contribution is 2.33. The normalized spacial score (nSPS) is 15.4. The van der Waals surface area contributed by atoms with Crippen molar-refractivity contribution in [3.05, 3.63) is 40.4 Å². The van der Waals surface area contributed by atoms with Crippen molar-refractivity contribution in [3.8, 4) is 0 Å². The average molecular weight is 414 g/mol. The van der Waals surface area contributed by atoms with E-state index in [-0.39, 0.29) is 23.4 Å². The van der Waals surface area contributed by atoms with Crippen molar-refractivity contribution in [2.24, 2.45) is 11.8 Å². The summed E-state index contributed by atoms with van der Waals surface area (Å²) in [6.07, 6.45) is 4.71. The molecule has 1 aliphatic rings. The minimum absolute atomic E-state index is 0.0639. The highest BCUT2D eigenvalue weighted by molar-refractivity contribution is 5.80. The molecule has 1 aliphatic carbocycles. The quantitative estimate of drug-likeness (QED) is 0.586. The Labute approximate surface area is 179 Å². The third-order valence-electron chi connectivity index (χ3n) is 6.16. The van der Waals surface area contributed by atoms with E-state index < -0.39 is 0 Å². The van der Waals surface area contributed by atoms with E-state index in [0.29, 0.717) is 48.8 Å². The lowest BCUT2D eigenvalue weighted by molar-refractivity contribution is -0.141. The Morgan fingerprint density at radius 1 is 1.30 bits per heavy atom. The van der Waals surface area contributed by atoms with Crippen LogP contribution in [-0.2, 0) is 16.1 Å². The van der Waals surface area contributed by atoms with Gasteiger partial charge in [0, 0.05) is 19.6 Å². The number of ether oxygens (including phenoxy) is 1. The standard InChI is InChI=1S/C24H35N3O3/c1-5-21(26(14-13-17(2)3)23(28)18-9-8-10-18)22-25-20-12-7-6-11-19(20)24(29)27(22)15-16-30-4/h6-7,11-12,17-18,21H,5,8-10,13-16H2,1-4H3. The summed E-state index contributed by atoms with van der Waals surface area (Å²) in [6, 6.07) is 7.23. The Bertz CT molecular complexity index is 918. The predicted octanol–water partition coefficient (Wildman–Crippen LogP) is 4.17. The van der Waals surface area contributed by atoms with Gasteiger partial charge in [0.15, 0.2) is 0 Å². The molecule has 0 aliphatic heterocycles. The Balaban J connectivity index is 2.09. The fourth-order valence-electron chi connectivity index (χ4n) is 4.09. The van der Waals surface area contributed by atoms with E-state index in [1.807, 2.05) is 29.2 Å². The minimum Gasteiger partial charge on any atom is -0.383 e. The molecule has 1 heterocycles. The monoisotopic (exact) mass is 413 g/mol. The van der Waals surface area contributed by atoms with Crippen LogP contribution in [0.3, 0.4) is 0 Å². The molecule has 1 unspecified atom stereocenters. The second kappa shape index (κ2) is 10.2. The predicted molar refractivity (Wildman–Crippen MR) is 119 cm³/mol. The number of hydrogen-bond donors (Lipinski definition) is 0. The number of benzene rings is 1. The first-order valence-electron chi connectivity index (χ1n) is 11.3. The zero-order chi connectivity index (χ0) is 21.7. The van der Waals surface area contributed by atoms with Crippen LogP contribution in [0.25, 0.3) is 10.9 Å². The summed E-state index contributed by atoms with van der Waals surface area (Å²) >= 11 is 0. The number of methoxy groups -OCH3 is 1. The fourth-order valence-corrected chi connectivity index (χ4v) is 4.09. The maximum Gasteiger partial charge on any atom is 0.261 e. The zero-order valence-corrected chi connectivity index (χ0v) is 18.8. The third-order valence-corrected chi connectivity index (χ3v) is 6.16. The molecule has 164 valence electrons. The van der Waals surface area contributed by atoms with E-state index in [2.05, 4.69) is 20.8 Å². The number of hydrogen-bond acceptors (Lipinski definition) is 4. The summed E-state index contributed by atoms with van der Waals surface area (Å²) < 4.78 is 6.98. The molecule has 30 heavy (non-hydrogen) atoms. The molecule has 0 bridgehead atoms. The van der Waals surface area contributed by atoms with Crippen molar-refractivity contribution in [1.82, 2.24) is 14.5 Å². The smallest absolute Gasteiger partial charge is 0.261 e. The molecule has 3 rings (SSSR count). The largest absolute Gasteiger partial charge is 0.383 e. The minimum atomic E-state index is -0.217. The first kappa shape index (κ1) is 22.5. The molecule has 0 spiro atoms. The van der Waals surface area contributed by atoms with Crippen molar-refractivity contribution in [1.29, 1.82) is 0 Å². The van der Waals surface area contributed by atoms with E-state index >= 15 is 0 Å². The molecule has 1 aromatic carbocycles. The first-order valence-corrected chi connectivity index (χ1v) is 11.3. The van der Waals surface area contributed by atoms with Gasteiger partial charge < -0.3 is 9.64 Å². The van der Waals surface area contributed by atoms with Gasteiger partial charge in [-0.3, -0.25) is 14.2 Å². The van der Waals surface area contributed by atoms with Gasteiger partial charge in [-0.2, -0.15) is 0 Å². The maximum absolute atomic E-state index is 13.4. The molecule has 1 amide bonds. The van der Waals surface area contributed by atoms with Crippen molar-refractivity contribution in [2.75, 3.05) is 20.3 Å². The molecule has 1 saturated carbocycles. The Morgan fingerprint density at radius 2 is 2.03 bits per heavy atom. The van der Waals surface area contributed by atoms with Crippen molar-refractivity contribution in [3.63, 3.8) is 0 Å². The topological polar surface area (TPSA) is 64.4 Å². The lowest BCUT2D eigenvalue weighted by Crippen LogP contribution is -2.44. The lowest BCUT2D eigenvalue weighted by atomic mass is 9.83. The van der Waals surface area contributed by atoms with Gasteiger partial charge in [0.05, 0.1) is 30.1 Å². The number of fused-ring (bicyclic) bond motifs is 1. The number of carbonyl (C=O) groups excluding carboxylic acids is 1. The van der Waals surface area contributed by atoms with Crippen LogP contribution in [0.4, 0.5) is 0 Å². The van der Waals surface area contributed by atoms with Crippen LogP contribution in [0, 0.1) is 11.8 Å². The third kappa shape index (κ3) is 4.75. The van der Waals surface area contributed by atoms with Crippen molar-refractivity contribution < 1.29 is 9.53 Å². The highest BCUT2D eigenvalue weighted by Gasteiger charge is 2.35. The van der Waals surface area contributed by atoms with E-state index in [0.717, 1.165) is 25.7 Å². The van der Waals surface area contributed by atoms with Crippen molar-refractivity contribution in [2.45, 2.75) is 65.5 Å². The van der Waals surface area contributed by atoms with Gasteiger partial charge in [0.1, 0.15) is 5.82 Å². The van der Waals surface area contributed by atoms with Crippen LogP contribution < -0.4 is 5.56 Å². The Hall–Kier alpha value is -2.21. The molecular formula is C24H35N3O3. The molecule has 1 atom stereocenters. The number of nitrogens with zero attached hydrogens (tertiary/aromatic N) is 3. The van der Waals surface area contributed by atoms with E-state index in [1.54, 1.807) is 11.7 Å². The molecule has 0 N–H and O–H groups in total. The maximum atomic E-state index is 13.4. The van der Waals surface area contributed by atoms with E-state index in [4.69, 9.17) is 9.72 Å². The van der Waals surface area contributed by atoms with E-state index in [9.17, 15) is 9.59 Å². The molecule has 1 aromatic heterocycles. The van der Waals surface area contributed by atoms with E-state index in [1.165, 1.54) is 0 Å². The van der Waals surface area contributed by atoms with Gasteiger partial charge in [-0.1, -0.05) is 39.3 Å². The lowest BCUT2D eigenvalue weighted by Gasteiger charge is -2.37. The summed E-state index contributed by atoms with van der Waals surface area (Å²) in [5, 5.41) is 0.603. The van der Waals surface area contributed by atoms with Gasteiger partial charge >= 0.3 is 0 Å². The zero-order valence-electron chi connectivity index (χ0n) is 18.8. The summed E-state index contributed by atoms with van der Waals surface area (Å²) in [4.78, 5) is 33.6. The van der Waals surface area contributed by atoms with Crippen LogP contribution in [0.15, 0.2) is 29.1 Å². The number of para-hydroxylation sites is 1. The van der Waals surface area contributed by atoms with Gasteiger partial charge in [0.2, 0.25) is 5.91 Å². The van der Waals surface area contributed by atoms with Crippen LogP contribution in [0.5, 0.6) is 0 Å².